The Morgan fingerprint density at radius 2 is 2.08 bits per heavy atom. The fourth-order valence-electron chi connectivity index (χ4n) is 0.605. The van der Waals surface area contributed by atoms with Gasteiger partial charge in [-0.1, -0.05) is 11.6 Å². The lowest BCUT2D eigenvalue weighted by Crippen LogP contribution is -2.03. The van der Waals surface area contributed by atoms with Crippen molar-refractivity contribution < 1.29 is 9.84 Å². The maximum Gasteiger partial charge on any atom is 0.256 e. The standard InChI is InChI=1S/C6H7Cl2N3O2/c7-4-5(13-3-1-2-12)9-6(8)11-10-4/h12H,1-3H2. The maximum absolute atomic E-state index is 8.48. The van der Waals surface area contributed by atoms with Gasteiger partial charge in [0.15, 0.2) is 0 Å². The van der Waals surface area contributed by atoms with Crippen molar-refractivity contribution in [2.24, 2.45) is 0 Å². The first kappa shape index (κ1) is 10.4. The summed E-state index contributed by atoms with van der Waals surface area (Å²) in [6, 6.07) is 0. The zero-order valence-electron chi connectivity index (χ0n) is 6.57. The number of aliphatic hydroxyl groups is 1. The second kappa shape index (κ2) is 5.16. The molecule has 7 heteroatoms. The van der Waals surface area contributed by atoms with Crippen molar-refractivity contribution in [3.8, 4) is 5.88 Å². The minimum absolute atomic E-state index is 0.0246. The van der Waals surface area contributed by atoms with Crippen LogP contribution in [0.1, 0.15) is 6.42 Å². The molecule has 0 spiro atoms. The van der Waals surface area contributed by atoms with Gasteiger partial charge in [-0.2, -0.15) is 4.98 Å². The van der Waals surface area contributed by atoms with Gasteiger partial charge in [-0.15, -0.1) is 10.2 Å². The van der Waals surface area contributed by atoms with Gasteiger partial charge >= 0.3 is 0 Å². The van der Waals surface area contributed by atoms with Crippen LogP contribution in [-0.2, 0) is 0 Å². The van der Waals surface area contributed by atoms with Gasteiger partial charge in [0.05, 0.1) is 6.61 Å². The van der Waals surface area contributed by atoms with Gasteiger partial charge in [0, 0.05) is 13.0 Å². The monoisotopic (exact) mass is 223 g/mol. The van der Waals surface area contributed by atoms with Gasteiger partial charge in [0.25, 0.3) is 5.88 Å². The molecule has 0 amide bonds. The Balaban J connectivity index is 2.59. The Labute approximate surface area is 84.7 Å². The highest BCUT2D eigenvalue weighted by molar-refractivity contribution is 6.31. The summed E-state index contributed by atoms with van der Waals surface area (Å²) in [6.07, 6.45) is 0.498. The summed E-state index contributed by atoms with van der Waals surface area (Å²) < 4.78 is 5.07. The fraction of sp³-hybridized carbons (Fsp3) is 0.500. The van der Waals surface area contributed by atoms with E-state index in [9.17, 15) is 0 Å². The molecule has 13 heavy (non-hydrogen) atoms. The van der Waals surface area contributed by atoms with Crippen LogP contribution >= 0.6 is 23.2 Å². The Kier molecular flexibility index (Phi) is 4.14. The highest BCUT2D eigenvalue weighted by Crippen LogP contribution is 2.18. The van der Waals surface area contributed by atoms with Crippen LogP contribution in [0.5, 0.6) is 5.88 Å². The van der Waals surface area contributed by atoms with E-state index in [0.717, 1.165) is 0 Å². The molecule has 0 radical (unpaired) electrons. The summed E-state index contributed by atoms with van der Waals surface area (Å²) >= 11 is 11.0. The maximum atomic E-state index is 8.48. The molecule has 72 valence electrons. The van der Waals surface area contributed by atoms with E-state index in [2.05, 4.69) is 15.2 Å². The molecular formula is C6H7Cl2N3O2. The highest BCUT2D eigenvalue weighted by atomic mass is 35.5. The number of nitrogens with zero attached hydrogens (tertiary/aromatic N) is 3. The van der Waals surface area contributed by atoms with Gasteiger partial charge in [0.2, 0.25) is 10.4 Å². The van der Waals surface area contributed by atoms with Crippen LogP contribution in [0.3, 0.4) is 0 Å². The first-order valence-electron chi connectivity index (χ1n) is 3.53. The van der Waals surface area contributed by atoms with Gasteiger partial charge in [-0.25, -0.2) is 0 Å². The molecule has 1 aromatic rings. The Morgan fingerprint density at radius 1 is 1.31 bits per heavy atom. The molecule has 0 atom stereocenters. The molecule has 0 saturated carbocycles. The predicted molar refractivity (Wildman–Crippen MR) is 47.0 cm³/mol. The third kappa shape index (κ3) is 3.30. The Hall–Kier alpha value is -0.650. The molecule has 5 nitrogen and oxygen atoms in total. The van der Waals surface area contributed by atoms with Gasteiger partial charge in [0.1, 0.15) is 0 Å². The van der Waals surface area contributed by atoms with E-state index in [1.807, 2.05) is 0 Å². The van der Waals surface area contributed by atoms with Crippen molar-refractivity contribution in [1.29, 1.82) is 0 Å². The molecule has 1 aromatic heterocycles. The number of halogens is 2. The zero-order valence-corrected chi connectivity index (χ0v) is 8.09. The number of ether oxygens (including phenoxy) is 1. The van der Waals surface area contributed by atoms with Gasteiger partial charge in [-0.05, 0) is 11.6 Å². The van der Waals surface area contributed by atoms with E-state index in [1.165, 1.54) is 0 Å². The van der Waals surface area contributed by atoms with Crippen LogP contribution in [0.25, 0.3) is 0 Å². The third-order valence-corrected chi connectivity index (χ3v) is 1.53. The summed E-state index contributed by atoms with van der Waals surface area (Å²) in [5.41, 5.74) is 0. The lowest BCUT2D eigenvalue weighted by Gasteiger charge is -2.03. The lowest BCUT2D eigenvalue weighted by molar-refractivity contribution is 0.228. The van der Waals surface area contributed by atoms with Gasteiger partial charge < -0.3 is 9.84 Å². The second-order valence-electron chi connectivity index (χ2n) is 2.10. The Morgan fingerprint density at radius 3 is 2.77 bits per heavy atom. The van der Waals surface area contributed by atoms with E-state index in [0.29, 0.717) is 13.0 Å². The van der Waals surface area contributed by atoms with E-state index in [1.54, 1.807) is 0 Å². The minimum Gasteiger partial charge on any atom is -0.475 e. The first-order valence-corrected chi connectivity index (χ1v) is 4.29. The zero-order chi connectivity index (χ0) is 9.68. The fourth-order valence-corrected chi connectivity index (χ4v) is 0.855. The average molecular weight is 224 g/mol. The molecule has 0 fully saturated rings. The van der Waals surface area contributed by atoms with Gasteiger partial charge in [-0.3, -0.25) is 0 Å². The van der Waals surface area contributed by atoms with Crippen LogP contribution in [-0.4, -0.2) is 33.5 Å². The molecule has 1 heterocycles. The van der Waals surface area contributed by atoms with Crippen molar-refractivity contribution in [3.05, 3.63) is 10.4 Å². The molecule has 1 rings (SSSR count). The lowest BCUT2D eigenvalue weighted by atomic mass is 10.5. The normalized spacial score (nSPS) is 10.1. The van der Waals surface area contributed by atoms with Crippen LogP contribution in [0.4, 0.5) is 0 Å². The number of aromatic nitrogens is 3. The second-order valence-corrected chi connectivity index (χ2v) is 2.80. The third-order valence-electron chi connectivity index (χ3n) is 1.13. The molecular weight excluding hydrogens is 217 g/mol. The summed E-state index contributed by atoms with van der Waals surface area (Å²) in [5, 5.41) is 15.4. The molecule has 0 aliphatic rings. The number of hydrogen-bond acceptors (Lipinski definition) is 5. The van der Waals surface area contributed by atoms with E-state index in [4.69, 9.17) is 33.0 Å². The van der Waals surface area contributed by atoms with Crippen molar-refractivity contribution in [1.82, 2.24) is 15.2 Å². The molecule has 0 saturated heterocycles. The quantitative estimate of drug-likeness (QED) is 0.770. The minimum atomic E-state index is -0.0246. The largest absolute Gasteiger partial charge is 0.475 e. The first-order chi connectivity index (χ1) is 6.24. The van der Waals surface area contributed by atoms with Crippen LogP contribution in [0.2, 0.25) is 10.4 Å². The van der Waals surface area contributed by atoms with Crippen molar-refractivity contribution >= 4 is 23.2 Å². The molecule has 0 aliphatic heterocycles. The summed E-state index contributed by atoms with van der Waals surface area (Å²) in [5.74, 6) is 0.134. The van der Waals surface area contributed by atoms with E-state index < -0.39 is 0 Å². The highest BCUT2D eigenvalue weighted by Gasteiger charge is 2.06. The van der Waals surface area contributed by atoms with Crippen molar-refractivity contribution in [3.63, 3.8) is 0 Å². The van der Waals surface area contributed by atoms with Crippen molar-refractivity contribution in [2.75, 3.05) is 13.2 Å². The molecule has 1 N–H and O–H groups in total. The summed E-state index contributed by atoms with van der Waals surface area (Å²) in [4.78, 5) is 3.70. The number of rotatable bonds is 4. The topological polar surface area (TPSA) is 68.1 Å². The van der Waals surface area contributed by atoms with Crippen LogP contribution in [0.15, 0.2) is 0 Å². The van der Waals surface area contributed by atoms with E-state index in [-0.39, 0.29) is 22.9 Å². The average Bonchev–Trinajstić information content (AvgIpc) is 2.11. The molecule has 0 aromatic carbocycles. The molecule has 0 aliphatic carbocycles. The van der Waals surface area contributed by atoms with Crippen LogP contribution in [0, 0.1) is 0 Å². The summed E-state index contributed by atoms with van der Waals surface area (Å²) in [7, 11) is 0. The van der Waals surface area contributed by atoms with E-state index >= 15 is 0 Å². The van der Waals surface area contributed by atoms with Crippen LogP contribution < -0.4 is 4.74 Å². The number of hydrogen-bond donors (Lipinski definition) is 1. The van der Waals surface area contributed by atoms with Crippen molar-refractivity contribution in [2.45, 2.75) is 6.42 Å². The number of aliphatic hydroxyl groups excluding tert-OH is 1. The smallest absolute Gasteiger partial charge is 0.256 e. The predicted octanol–water partition coefficient (Wildman–Crippen LogP) is 0.940. The Bertz CT molecular complexity index is 285. The SMILES string of the molecule is OCCCOc1nc(Cl)nnc1Cl. The molecule has 0 bridgehead atoms. The molecule has 0 unspecified atom stereocenters. The summed E-state index contributed by atoms with van der Waals surface area (Å²) in [6.45, 7) is 0.356.